The fraction of sp³-hybridized carbons (Fsp3) is 0.873. The summed E-state index contributed by atoms with van der Waals surface area (Å²) in [5, 5.41) is 0. The zero-order valence-corrected chi connectivity index (χ0v) is 44.9. The molecule has 2 aliphatic rings. The maximum atomic E-state index is 13.9. The predicted octanol–water partition coefficient (Wildman–Crippen LogP) is 10.1. The van der Waals surface area contributed by atoms with Crippen molar-refractivity contribution in [2.24, 2.45) is 17.3 Å². The number of esters is 7. The highest BCUT2D eigenvalue weighted by Gasteiger charge is 2.45. The van der Waals surface area contributed by atoms with Gasteiger partial charge in [-0.15, -0.1) is 0 Å². The lowest BCUT2D eigenvalue weighted by Gasteiger charge is -2.36. The molecular formula is C55H95NO15. The Labute approximate surface area is 426 Å². The van der Waals surface area contributed by atoms with Gasteiger partial charge in [0.15, 0.2) is 12.2 Å². The average Bonchev–Trinajstić information content (AvgIpc) is 3.72. The van der Waals surface area contributed by atoms with Crippen molar-refractivity contribution in [3.63, 3.8) is 0 Å². The van der Waals surface area contributed by atoms with Gasteiger partial charge < -0.3 is 42.8 Å². The van der Waals surface area contributed by atoms with E-state index < -0.39 is 77.3 Å². The normalized spacial score (nSPS) is 17.7. The maximum absolute atomic E-state index is 13.9. The summed E-state index contributed by atoms with van der Waals surface area (Å²) in [4.78, 5) is 94.2. The number of likely N-dealkylation sites (tertiary alicyclic amines) is 1. The Morgan fingerprint density at radius 3 is 1.21 bits per heavy atom. The fourth-order valence-electron chi connectivity index (χ4n) is 8.54. The minimum Gasteiger partial charge on any atom is -0.465 e. The molecule has 0 unspecified atom stereocenters. The number of nitrogens with zero attached hydrogens (tertiary/aromatic N) is 1. The highest BCUT2D eigenvalue weighted by molar-refractivity contribution is 5.77. The van der Waals surface area contributed by atoms with Crippen molar-refractivity contribution in [1.29, 1.82) is 0 Å². The van der Waals surface area contributed by atoms with Crippen molar-refractivity contribution in [2.75, 3.05) is 59.8 Å². The first-order valence-electron chi connectivity index (χ1n) is 27.7. The third-order valence-corrected chi connectivity index (χ3v) is 13.5. The summed E-state index contributed by atoms with van der Waals surface area (Å²) >= 11 is 0. The summed E-state index contributed by atoms with van der Waals surface area (Å²) in [6.45, 7) is 10.6. The first-order chi connectivity index (χ1) is 34.2. The molecule has 0 aromatic rings. The van der Waals surface area contributed by atoms with Gasteiger partial charge in [-0.1, -0.05) is 130 Å². The van der Waals surface area contributed by atoms with E-state index in [4.69, 9.17) is 37.9 Å². The van der Waals surface area contributed by atoms with Crippen LogP contribution in [0.1, 0.15) is 214 Å². The minimum absolute atomic E-state index is 0.173. The summed E-state index contributed by atoms with van der Waals surface area (Å²) in [5.41, 5.74) is -0.720. The molecule has 16 nitrogen and oxygen atoms in total. The Hall–Kier alpha value is -3.79. The number of hydrogen-bond donors (Lipinski definition) is 0. The van der Waals surface area contributed by atoms with Crippen LogP contribution in [0, 0.1) is 17.3 Å². The third kappa shape index (κ3) is 29.5. The van der Waals surface area contributed by atoms with Gasteiger partial charge in [0.25, 0.3) is 0 Å². The summed E-state index contributed by atoms with van der Waals surface area (Å²) in [5.74, 6) is -4.98. The minimum atomic E-state index is -1.21. The quantitative estimate of drug-likeness (QED) is 0.0318. The van der Waals surface area contributed by atoms with E-state index in [2.05, 4.69) is 32.6 Å². The number of carbonyl (C=O) groups is 7. The van der Waals surface area contributed by atoms with Crippen LogP contribution in [-0.2, 0) is 71.5 Å². The van der Waals surface area contributed by atoms with Crippen LogP contribution >= 0.6 is 0 Å². The SMILES string of the molecule is CCCCCCCC(=O)OCC(COC(=O)CCCCCCC)CC(=O)O[C@@H]1[C@@H](OC(=O)CC(COC(=O)CCCCCCC)COC(=O)CCCCCCC)CO[C@@H]1COC(=O)C1(C)CCN(C)CC1. The second-order valence-corrected chi connectivity index (χ2v) is 20.3. The number of ether oxygens (including phenoxy) is 8. The van der Waals surface area contributed by atoms with Crippen LogP contribution in [0.3, 0.4) is 0 Å². The van der Waals surface area contributed by atoms with E-state index in [1.807, 2.05) is 14.0 Å². The summed E-state index contributed by atoms with van der Waals surface area (Å²) in [7, 11) is 2.00. The second-order valence-electron chi connectivity index (χ2n) is 20.3. The highest BCUT2D eigenvalue weighted by Crippen LogP contribution is 2.33. The molecule has 3 atom stereocenters. The summed E-state index contributed by atoms with van der Waals surface area (Å²) in [6.07, 6.45) is 17.3. The van der Waals surface area contributed by atoms with Crippen LogP contribution < -0.4 is 0 Å². The molecule has 2 fully saturated rings. The van der Waals surface area contributed by atoms with Gasteiger partial charge in [-0.05, 0) is 65.6 Å². The van der Waals surface area contributed by atoms with Gasteiger partial charge in [0.2, 0.25) is 0 Å². The molecule has 2 heterocycles. The zero-order valence-electron chi connectivity index (χ0n) is 44.9. The van der Waals surface area contributed by atoms with Gasteiger partial charge in [0.05, 0.1) is 51.3 Å². The molecule has 0 spiro atoms. The van der Waals surface area contributed by atoms with E-state index >= 15 is 0 Å². The third-order valence-electron chi connectivity index (χ3n) is 13.5. The number of rotatable bonds is 41. The highest BCUT2D eigenvalue weighted by atomic mass is 16.6. The Morgan fingerprint density at radius 2 is 0.845 bits per heavy atom. The smallest absolute Gasteiger partial charge is 0.311 e. The Morgan fingerprint density at radius 1 is 0.493 bits per heavy atom. The summed E-state index contributed by atoms with van der Waals surface area (Å²) in [6, 6.07) is 0. The van der Waals surface area contributed by atoms with Gasteiger partial charge in [0.1, 0.15) is 12.7 Å². The molecule has 0 amide bonds. The second kappa shape index (κ2) is 38.8. The number of hydrogen-bond acceptors (Lipinski definition) is 16. The lowest BCUT2D eigenvalue weighted by Crippen LogP contribution is -2.44. The van der Waals surface area contributed by atoms with E-state index in [9.17, 15) is 33.6 Å². The molecule has 410 valence electrons. The van der Waals surface area contributed by atoms with Gasteiger partial charge in [-0.2, -0.15) is 0 Å². The molecule has 0 N–H and O–H groups in total. The molecular weight excluding hydrogens is 915 g/mol. The largest absolute Gasteiger partial charge is 0.465 e. The van der Waals surface area contributed by atoms with Crippen LogP contribution in [0.15, 0.2) is 0 Å². The molecule has 2 rings (SSSR count). The first kappa shape index (κ1) is 63.3. The lowest BCUT2D eigenvalue weighted by molar-refractivity contribution is -0.173. The fourth-order valence-corrected chi connectivity index (χ4v) is 8.54. The van der Waals surface area contributed by atoms with Crippen molar-refractivity contribution in [3.8, 4) is 0 Å². The van der Waals surface area contributed by atoms with Crippen LogP contribution in [-0.4, -0.2) is 125 Å². The molecule has 0 aromatic carbocycles. The van der Waals surface area contributed by atoms with E-state index in [0.29, 0.717) is 38.5 Å². The van der Waals surface area contributed by atoms with Crippen LogP contribution in [0.4, 0.5) is 0 Å². The van der Waals surface area contributed by atoms with Crippen molar-refractivity contribution >= 4 is 41.8 Å². The van der Waals surface area contributed by atoms with E-state index in [-0.39, 0.29) is 78.2 Å². The average molecular weight is 1010 g/mol. The molecule has 0 saturated carbocycles. The van der Waals surface area contributed by atoms with Gasteiger partial charge in [-0.3, -0.25) is 33.6 Å². The zero-order chi connectivity index (χ0) is 52.1. The van der Waals surface area contributed by atoms with E-state index in [1.165, 1.54) is 0 Å². The predicted molar refractivity (Wildman–Crippen MR) is 269 cm³/mol. The first-order valence-corrected chi connectivity index (χ1v) is 27.7. The van der Waals surface area contributed by atoms with Gasteiger partial charge >= 0.3 is 41.8 Å². The van der Waals surface area contributed by atoms with Crippen LogP contribution in [0.2, 0.25) is 0 Å². The van der Waals surface area contributed by atoms with E-state index in [0.717, 1.165) is 116 Å². The molecule has 0 aromatic heterocycles. The van der Waals surface area contributed by atoms with Gasteiger partial charge in [0, 0.05) is 37.5 Å². The molecule has 0 radical (unpaired) electrons. The lowest BCUT2D eigenvalue weighted by atomic mass is 9.80. The number of unbranched alkanes of at least 4 members (excludes halogenated alkanes) is 16. The Balaban J connectivity index is 2.24. The number of carbonyl (C=O) groups excluding carboxylic acids is 7. The molecule has 2 saturated heterocycles. The van der Waals surface area contributed by atoms with Crippen molar-refractivity contribution in [1.82, 2.24) is 4.90 Å². The van der Waals surface area contributed by atoms with Crippen LogP contribution in [0.25, 0.3) is 0 Å². The van der Waals surface area contributed by atoms with Crippen molar-refractivity contribution in [2.45, 2.75) is 233 Å². The Kier molecular flexibility index (Phi) is 34.6. The number of piperidine rings is 1. The standard InChI is InChI=1S/C55H95NO15/c1-7-11-15-19-23-27-47(57)65-37-43(38-66-48(58)28-24-20-16-12-8-2)35-51(61)70-46-42-64-45(41-69-54(63)55(5)31-33-56(6)34-32-55)53(46)71-52(62)36-44(39-67-49(59)29-25-21-17-13-9-3)40-68-50(60)30-26-22-18-14-10-4/h43-46,53H,7-42H2,1-6H3/t45-,46+,53+/m1/s1. The summed E-state index contributed by atoms with van der Waals surface area (Å²) < 4.78 is 46.2. The monoisotopic (exact) mass is 1010 g/mol. The maximum Gasteiger partial charge on any atom is 0.311 e. The molecule has 0 aliphatic carbocycles. The molecule has 16 heteroatoms. The van der Waals surface area contributed by atoms with Crippen molar-refractivity contribution < 1.29 is 71.5 Å². The molecule has 71 heavy (non-hydrogen) atoms. The van der Waals surface area contributed by atoms with Gasteiger partial charge in [-0.25, -0.2) is 0 Å². The van der Waals surface area contributed by atoms with Crippen LogP contribution in [0.5, 0.6) is 0 Å². The van der Waals surface area contributed by atoms with Crippen molar-refractivity contribution in [3.05, 3.63) is 0 Å². The molecule has 2 aliphatic heterocycles. The molecule has 0 bridgehead atoms. The Bertz CT molecular complexity index is 1450. The van der Waals surface area contributed by atoms with E-state index in [1.54, 1.807) is 0 Å². The topological polar surface area (TPSA) is 197 Å².